The fourth-order valence-corrected chi connectivity index (χ4v) is 1.88. The van der Waals surface area contributed by atoms with E-state index < -0.39 is 0 Å². The first-order valence-electron chi connectivity index (χ1n) is 5.94. The molecule has 0 amide bonds. The Bertz CT molecular complexity index is 328. The van der Waals surface area contributed by atoms with Gasteiger partial charge in [0.1, 0.15) is 5.82 Å². The van der Waals surface area contributed by atoms with Crippen molar-refractivity contribution in [3.05, 3.63) is 35.6 Å². The topological polar surface area (TPSA) is 12.0 Å². The lowest BCUT2D eigenvalue weighted by Crippen LogP contribution is -2.33. The molecule has 1 N–H and O–H groups in total. The van der Waals surface area contributed by atoms with E-state index >= 15 is 0 Å². The van der Waals surface area contributed by atoms with Crippen LogP contribution in [0.5, 0.6) is 0 Å². The second-order valence-electron chi connectivity index (χ2n) is 5.27. The molecule has 0 bridgehead atoms. The Morgan fingerprint density at radius 3 is 2.38 bits per heavy atom. The van der Waals surface area contributed by atoms with Gasteiger partial charge >= 0.3 is 0 Å². The second-order valence-corrected chi connectivity index (χ2v) is 5.27. The third-order valence-corrected chi connectivity index (χ3v) is 2.68. The van der Waals surface area contributed by atoms with Crippen molar-refractivity contribution >= 4 is 0 Å². The van der Waals surface area contributed by atoms with E-state index in [9.17, 15) is 4.39 Å². The Morgan fingerprint density at radius 1 is 1.25 bits per heavy atom. The molecule has 1 unspecified atom stereocenters. The average Bonchev–Trinajstić information content (AvgIpc) is 2.19. The molecule has 0 radical (unpaired) electrons. The summed E-state index contributed by atoms with van der Waals surface area (Å²) in [6.45, 7) is 9.43. The van der Waals surface area contributed by atoms with Gasteiger partial charge in [0.15, 0.2) is 0 Å². The van der Waals surface area contributed by atoms with E-state index in [4.69, 9.17) is 0 Å². The van der Waals surface area contributed by atoms with Gasteiger partial charge in [-0.25, -0.2) is 4.39 Å². The van der Waals surface area contributed by atoms with E-state index in [1.165, 1.54) is 6.07 Å². The second kappa shape index (κ2) is 5.44. The first-order chi connectivity index (χ1) is 7.46. The van der Waals surface area contributed by atoms with Crippen LogP contribution in [0, 0.1) is 11.2 Å². The van der Waals surface area contributed by atoms with E-state index in [1.807, 2.05) is 12.1 Å². The number of hydrogen-bond acceptors (Lipinski definition) is 1. The lowest BCUT2D eigenvalue weighted by atomic mass is 9.82. The van der Waals surface area contributed by atoms with Gasteiger partial charge in [0.2, 0.25) is 0 Å². The van der Waals surface area contributed by atoms with Crippen LogP contribution in [0.3, 0.4) is 0 Å². The van der Waals surface area contributed by atoms with Crippen molar-refractivity contribution in [2.45, 2.75) is 40.2 Å². The zero-order valence-electron chi connectivity index (χ0n) is 10.7. The van der Waals surface area contributed by atoms with Crippen LogP contribution in [0.15, 0.2) is 24.3 Å². The first-order valence-corrected chi connectivity index (χ1v) is 5.94. The predicted octanol–water partition coefficient (Wildman–Crippen LogP) is 3.91. The fraction of sp³-hybridized carbons (Fsp3) is 0.571. The summed E-state index contributed by atoms with van der Waals surface area (Å²) in [6, 6.07) is 7.09. The molecular weight excluding hydrogens is 201 g/mol. The third kappa shape index (κ3) is 3.31. The van der Waals surface area contributed by atoms with E-state index in [2.05, 4.69) is 33.0 Å². The molecule has 1 atom stereocenters. The summed E-state index contributed by atoms with van der Waals surface area (Å²) in [6.07, 6.45) is 1.06. The average molecular weight is 223 g/mol. The summed E-state index contributed by atoms with van der Waals surface area (Å²) in [7, 11) is 0. The fourth-order valence-electron chi connectivity index (χ4n) is 1.88. The highest BCUT2D eigenvalue weighted by atomic mass is 19.1. The Hall–Kier alpha value is -0.890. The van der Waals surface area contributed by atoms with Crippen molar-refractivity contribution in [2.24, 2.45) is 5.41 Å². The molecule has 0 spiro atoms. The molecule has 2 heteroatoms. The smallest absolute Gasteiger partial charge is 0.127 e. The Balaban J connectivity index is 2.97. The largest absolute Gasteiger partial charge is 0.309 e. The van der Waals surface area contributed by atoms with Crippen LogP contribution in [0.1, 0.15) is 45.7 Å². The maximum atomic E-state index is 13.8. The van der Waals surface area contributed by atoms with Gasteiger partial charge in [-0.3, -0.25) is 0 Å². The molecule has 0 fully saturated rings. The summed E-state index contributed by atoms with van der Waals surface area (Å²) < 4.78 is 13.8. The van der Waals surface area contributed by atoms with Crippen LogP contribution in [-0.4, -0.2) is 6.54 Å². The standard InChI is InChI=1S/C14H22FN/c1-5-10-16-13(14(2,3)4)11-8-6-7-9-12(11)15/h6-9,13,16H,5,10H2,1-4H3. The molecule has 0 saturated heterocycles. The van der Waals surface area contributed by atoms with Crippen molar-refractivity contribution in [2.75, 3.05) is 6.54 Å². The monoisotopic (exact) mass is 223 g/mol. The highest BCUT2D eigenvalue weighted by molar-refractivity contribution is 5.22. The zero-order valence-corrected chi connectivity index (χ0v) is 10.7. The summed E-state index contributed by atoms with van der Waals surface area (Å²) in [4.78, 5) is 0. The van der Waals surface area contributed by atoms with Crippen LogP contribution in [0.25, 0.3) is 0 Å². The first kappa shape index (κ1) is 13.2. The number of nitrogens with one attached hydrogen (secondary N) is 1. The van der Waals surface area contributed by atoms with Gasteiger partial charge in [0.05, 0.1) is 0 Å². The molecule has 0 aliphatic heterocycles. The number of benzene rings is 1. The molecule has 90 valence electrons. The Kier molecular flexibility index (Phi) is 4.48. The van der Waals surface area contributed by atoms with Crippen molar-refractivity contribution in [1.82, 2.24) is 5.32 Å². The minimum atomic E-state index is -0.119. The van der Waals surface area contributed by atoms with Crippen molar-refractivity contribution in [3.63, 3.8) is 0 Å². The van der Waals surface area contributed by atoms with Crippen molar-refractivity contribution < 1.29 is 4.39 Å². The molecular formula is C14H22FN. The lowest BCUT2D eigenvalue weighted by Gasteiger charge is -2.32. The summed E-state index contributed by atoms with van der Waals surface area (Å²) in [5.41, 5.74) is 0.778. The van der Waals surface area contributed by atoms with E-state index in [0.29, 0.717) is 0 Å². The quantitative estimate of drug-likeness (QED) is 0.816. The normalized spacial score (nSPS) is 13.8. The molecule has 1 nitrogen and oxygen atoms in total. The van der Waals surface area contributed by atoms with E-state index in [-0.39, 0.29) is 17.3 Å². The predicted molar refractivity (Wildman–Crippen MR) is 66.9 cm³/mol. The SMILES string of the molecule is CCCNC(c1ccccc1F)C(C)(C)C. The summed E-state index contributed by atoms with van der Waals surface area (Å²) >= 11 is 0. The van der Waals surface area contributed by atoms with Gasteiger partial charge in [0, 0.05) is 11.6 Å². The lowest BCUT2D eigenvalue weighted by molar-refractivity contribution is 0.267. The molecule has 0 aliphatic rings. The molecule has 0 saturated carbocycles. The molecule has 0 aromatic heterocycles. The zero-order chi connectivity index (χ0) is 12.2. The summed E-state index contributed by atoms with van der Waals surface area (Å²) in [5, 5.41) is 3.43. The van der Waals surface area contributed by atoms with Crippen molar-refractivity contribution in [1.29, 1.82) is 0 Å². The van der Waals surface area contributed by atoms with Crippen LogP contribution in [-0.2, 0) is 0 Å². The maximum absolute atomic E-state index is 13.8. The molecule has 1 aromatic carbocycles. The van der Waals surface area contributed by atoms with Gasteiger partial charge in [-0.1, -0.05) is 45.9 Å². The van der Waals surface area contributed by atoms with Crippen LogP contribution >= 0.6 is 0 Å². The summed E-state index contributed by atoms with van der Waals surface area (Å²) in [5.74, 6) is -0.119. The van der Waals surface area contributed by atoms with Crippen LogP contribution in [0.4, 0.5) is 4.39 Å². The Morgan fingerprint density at radius 2 is 1.88 bits per heavy atom. The minimum Gasteiger partial charge on any atom is -0.309 e. The molecule has 1 rings (SSSR count). The highest BCUT2D eigenvalue weighted by Crippen LogP contribution is 2.33. The van der Waals surface area contributed by atoms with E-state index in [0.717, 1.165) is 18.5 Å². The third-order valence-electron chi connectivity index (χ3n) is 2.68. The molecule has 0 heterocycles. The minimum absolute atomic E-state index is 0.0113. The maximum Gasteiger partial charge on any atom is 0.127 e. The van der Waals surface area contributed by atoms with E-state index in [1.54, 1.807) is 6.07 Å². The molecule has 1 aromatic rings. The van der Waals surface area contributed by atoms with Gasteiger partial charge in [-0.2, -0.15) is 0 Å². The van der Waals surface area contributed by atoms with Crippen LogP contribution < -0.4 is 5.32 Å². The highest BCUT2D eigenvalue weighted by Gasteiger charge is 2.27. The number of rotatable bonds is 4. The van der Waals surface area contributed by atoms with Gasteiger partial charge in [-0.15, -0.1) is 0 Å². The van der Waals surface area contributed by atoms with Gasteiger partial charge in [-0.05, 0) is 24.4 Å². The van der Waals surface area contributed by atoms with Crippen LogP contribution in [0.2, 0.25) is 0 Å². The van der Waals surface area contributed by atoms with Gasteiger partial charge < -0.3 is 5.32 Å². The molecule has 16 heavy (non-hydrogen) atoms. The molecule has 0 aliphatic carbocycles. The number of hydrogen-bond donors (Lipinski definition) is 1. The van der Waals surface area contributed by atoms with Gasteiger partial charge in [0.25, 0.3) is 0 Å². The number of halogens is 1. The van der Waals surface area contributed by atoms with Crippen molar-refractivity contribution in [3.8, 4) is 0 Å². The Labute approximate surface area is 98.1 Å².